The fourth-order valence-electron chi connectivity index (χ4n) is 4.19. The topological polar surface area (TPSA) is 89.3 Å². The number of carbonyl (C=O) groups excluding carboxylic acids is 1. The Balaban J connectivity index is 1.56. The Morgan fingerprint density at radius 2 is 1.96 bits per heavy atom. The molecular weight excluding hydrogens is 312 g/mol. The van der Waals surface area contributed by atoms with Crippen LogP contribution in [-0.4, -0.2) is 14.3 Å². The van der Waals surface area contributed by atoms with Crippen molar-refractivity contribution in [3.05, 3.63) is 29.8 Å². The van der Waals surface area contributed by atoms with E-state index in [9.17, 15) is 13.2 Å². The van der Waals surface area contributed by atoms with Crippen LogP contribution in [0.5, 0.6) is 0 Å². The highest BCUT2D eigenvalue weighted by Crippen LogP contribution is 2.49. The zero-order valence-electron chi connectivity index (χ0n) is 13.4. The second kappa shape index (κ2) is 6.24. The summed E-state index contributed by atoms with van der Waals surface area (Å²) in [6.07, 6.45) is 5.75. The van der Waals surface area contributed by atoms with E-state index in [0.29, 0.717) is 12.3 Å². The average molecular weight is 336 g/mol. The maximum atomic E-state index is 12.3. The Labute approximate surface area is 137 Å². The molecule has 126 valence electrons. The highest BCUT2D eigenvalue weighted by atomic mass is 32.2. The van der Waals surface area contributed by atoms with Crippen molar-refractivity contribution < 1.29 is 13.2 Å². The summed E-state index contributed by atoms with van der Waals surface area (Å²) in [6.45, 7) is 1.91. The van der Waals surface area contributed by atoms with Crippen LogP contribution in [0.15, 0.2) is 29.2 Å². The zero-order chi connectivity index (χ0) is 16.6. The molecule has 3 N–H and O–H groups in total. The molecular formula is C17H24N2O3S. The van der Waals surface area contributed by atoms with Crippen LogP contribution in [0, 0.1) is 17.8 Å². The van der Waals surface area contributed by atoms with Gasteiger partial charge in [-0.3, -0.25) is 4.79 Å². The third-order valence-corrected chi connectivity index (χ3v) is 6.35. The SMILES string of the molecule is C[C@H](NC(=O)C[C@H]1C[C@H]2CC[C@H]1C2)c1ccc(S(N)(=O)=O)cc1. The van der Waals surface area contributed by atoms with Crippen LogP contribution in [0.25, 0.3) is 0 Å². The molecule has 3 rings (SSSR count). The van der Waals surface area contributed by atoms with Crippen LogP contribution in [0.3, 0.4) is 0 Å². The van der Waals surface area contributed by atoms with E-state index >= 15 is 0 Å². The molecule has 2 fully saturated rings. The van der Waals surface area contributed by atoms with E-state index in [1.807, 2.05) is 6.92 Å². The smallest absolute Gasteiger partial charge is 0.238 e. The standard InChI is InChI=1S/C17H24N2O3S/c1-11(13-4-6-16(7-5-13)23(18,21)22)19-17(20)10-15-9-12-2-3-14(15)8-12/h4-7,11-12,14-15H,2-3,8-10H2,1H3,(H,19,20)(H2,18,21,22)/t11-,12-,14-,15+/m0/s1. The van der Waals surface area contributed by atoms with Gasteiger partial charge in [-0.15, -0.1) is 0 Å². The highest BCUT2D eigenvalue weighted by molar-refractivity contribution is 7.89. The van der Waals surface area contributed by atoms with Crippen LogP contribution in [-0.2, 0) is 14.8 Å². The van der Waals surface area contributed by atoms with Gasteiger partial charge in [-0.2, -0.15) is 0 Å². The van der Waals surface area contributed by atoms with Gasteiger partial charge in [0.15, 0.2) is 0 Å². The van der Waals surface area contributed by atoms with Gasteiger partial charge in [0.25, 0.3) is 0 Å². The van der Waals surface area contributed by atoms with Gasteiger partial charge in [-0.1, -0.05) is 18.6 Å². The van der Waals surface area contributed by atoms with Crippen LogP contribution < -0.4 is 10.5 Å². The molecule has 0 heterocycles. The number of rotatable bonds is 5. The third-order valence-electron chi connectivity index (χ3n) is 5.42. The number of carbonyl (C=O) groups is 1. The number of sulfonamides is 1. The van der Waals surface area contributed by atoms with Gasteiger partial charge in [0.1, 0.15) is 0 Å². The van der Waals surface area contributed by atoms with Gasteiger partial charge < -0.3 is 5.32 Å². The lowest BCUT2D eigenvalue weighted by Crippen LogP contribution is -2.29. The van der Waals surface area contributed by atoms with Crippen molar-refractivity contribution >= 4 is 15.9 Å². The van der Waals surface area contributed by atoms with Gasteiger partial charge in [0.2, 0.25) is 15.9 Å². The van der Waals surface area contributed by atoms with Crippen molar-refractivity contribution in [2.45, 2.75) is 50.0 Å². The van der Waals surface area contributed by atoms with E-state index in [2.05, 4.69) is 5.32 Å². The summed E-state index contributed by atoms with van der Waals surface area (Å²) in [5, 5.41) is 8.11. The molecule has 0 spiro atoms. The molecule has 0 unspecified atom stereocenters. The largest absolute Gasteiger partial charge is 0.350 e. The van der Waals surface area contributed by atoms with E-state index in [0.717, 1.165) is 17.4 Å². The quantitative estimate of drug-likeness (QED) is 0.865. The summed E-state index contributed by atoms with van der Waals surface area (Å²) in [7, 11) is -3.68. The second-order valence-electron chi connectivity index (χ2n) is 7.04. The first kappa shape index (κ1) is 16.5. The predicted molar refractivity (Wildman–Crippen MR) is 87.9 cm³/mol. The van der Waals surface area contributed by atoms with Crippen molar-refractivity contribution in [3.8, 4) is 0 Å². The molecule has 5 nitrogen and oxygen atoms in total. The van der Waals surface area contributed by atoms with Gasteiger partial charge in [-0.05, 0) is 61.6 Å². The second-order valence-corrected chi connectivity index (χ2v) is 8.60. The molecule has 0 aliphatic heterocycles. The van der Waals surface area contributed by atoms with Crippen LogP contribution >= 0.6 is 0 Å². The van der Waals surface area contributed by atoms with Gasteiger partial charge in [0.05, 0.1) is 10.9 Å². The van der Waals surface area contributed by atoms with Gasteiger partial charge in [0, 0.05) is 6.42 Å². The summed E-state index contributed by atoms with van der Waals surface area (Å²) >= 11 is 0. The Morgan fingerprint density at radius 3 is 2.48 bits per heavy atom. The summed E-state index contributed by atoms with van der Waals surface area (Å²) < 4.78 is 22.5. The zero-order valence-corrected chi connectivity index (χ0v) is 14.2. The lowest BCUT2D eigenvalue weighted by atomic mass is 9.86. The van der Waals surface area contributed by atoms with Crippen molar-refractivity contribution in [1.29, 1.82) is 0 Å². The minimum atomic E-state index is -3.68. The maximum Gasteiger partial charge on any atom is 0.238 e. The first-order valence-electron chi connectivity index (χ1n) is 8.25. The fourth-order valence-corrected chi connectivity index (χ4v) is 4.71. The average Bonchev–Trinajstić information content (AvgIpc) is 3.09. The Morgan fingerprint density at radius 1 is 1.26 bits per heavy atom. The minimum absolute atomic E-state index is 0.0850. The molecule has 6 heteroatoms. The third kappa shape index (κ3) is 3.75. The molecule has 1 aromatic carbocycles. The molecule has 2 aliphatic carbocycles. The summed E-state index contributed by atoms with van der Waals surface area (Å²) in [5.41, 5.74) is 0.874. The number of hydrogen-bond donors (Lipinski definition) is 2. The number of hydrogen-bond acceptors (Lipinski definition) is 3. The summed E-state index contributed by atoms with van der Waals surface area (Å²) in [5.74, 6) is 2.23. The Hall–Kier alpha value is -1.40. The lowest BCUT2D eigenvalue weighted by Gasteiger charge is -2.22. The fraction of sp³-hybridized carbons (Fsp3) is 0.588. The van der Waals surface area contributed by atoms with Crippen LogP contribution in [0.4, 0.5) is 0 Å². The Kier molecular flexibility index (Phi) is 4.47. The van der Waals surface area contributed by atoms with E-state index in [-0.39, 0.29) is 16.8 Å². The molecule has 2 bridgehead atoms. The molecule has 0 aromatic heterocycles. The van der Waals surface area contributed by atoms with E-state index in [4.69, 9.17) is 5.14 Å². The molecule has 2 saturated carbocycles. The molecule has 0 radical (unpaired) electrons. The monoisotopic (exact) mass is 336 g/mol. The van der Waals surface area contributed by atoms with Gasteiger partial charge >= 0.3 is 0 Å². The predicted octanol–water partition coefficient (Wildman–Crippen LogP) is 2.34. The van der Waals surface area contributed by atoms with Crippen LogP contribution in [0.2, 0.25) is 0 Å². The highest BCUT2D eigenvalue weighted by Gasteiger charge is 2.40. The van der Waals surface area contributed by atoms with Crippen molar-refractivity contribution in [2.24, 2.45) is 22.9 Å². The summed E-state index contributed by atoms with van der Waals surface area (Å²) in [6, 6.07) is 6.20. The number of nitrogens with two attached hydrogens (primary N) is 1. The molecule has 23 heavy (non-hydrogen) atoms. The normalized spacial score (nSPS) is 27.8. The molecule has 2 aliphatic rings. The Bertz CT molecular complexity index is 684. The number of nitrogens with one attached hydrogen (secondary N) is 1. The van der Waals surface area contributed by atoms with Crippen molar-refractivity contribution in [3.63, 3.8) is 0 Å². The maximum absolute atomic E-state index is 12.3. The molecule has 1 aromatic rings. The van der Waals surface area contributed by atoms with E-state index in [1.165, 1.54) is 37.8 Å². The number of fused-ring (bicyclic) bond motifs is 2. The van der Waals surface area contributed by atoms with Gasteiger partial charge in [-0.25, -0.2) is 13.6 Å². The molecule has 0 saturated heterocycles. The van der Waals surface area contributed by atoms with E-state index in [1.54, 1.807) is 12.1 Å². The first-order valence-corrected chi connectivity index (χ1v) is 9.79. The van der Waals surface area contributed by atoms with Crippen molar-refractivity contribution in [2.75, 3.05) is 0 Å². The summed E-state index contributed by atoms with van der Waals surface area (Å²) in [4.78, 5) is 12.3. The van der Waals surface area contributed by atoms with Crippen molar-refractivity contribution in [1.82, 2.24) is 5.32 Å². The van der Waals surface area contributed by atoms with Crippen LogP contribution in [0.1, 0.15) is 50.6 Å². The molecule has 4 atom stereocenters. The first-order chi connectivity index (χ1) is 10.8. The molecule has 1 amide bonds. The number of primary sulfonamides is 1. The van der Waals surface area contributed by atoms with E-state index < -0.39 is 10.0 Å². The lowest BCUT2D eigenvalue weighted by molar-refractivity contribution is -0.123. The minimum Gasteiger partial charge on any atom is -0.350 e. The number of benzene rings is 1. The number of amides is 1.